The molecule has 0 saturated carbocycles. The maximum Gasteiger partial charge on any atom is 0.262 e. The molecule has 5 nitrogen and oxygen atoms in total. The van der Waals surface area contributed by atoms with Crippen molar-refractivity contribution in [2.75, 3.05) is 4.90 Å². The van der Waals surface area contributed by atoms with Crippen LogP contribution in [0.2, 0.25) is 0 Å². The smallest absolute Gasteiger partial charge is 0.262 e. The summed E-state index contributed by atoms with van der Waals surface area (Å²) in [6.45, 7) is 1.72. The van der Waals surface area contributed by atoms with Crippen molar-refractivity contribution >= 4 is 17.3 Å². The van der Waals surface area contributed by atoms with Gasteiger partial charge in [-0.3, -0.25) is 9.69 Å². The van der Waals surface area contributed by atoms with Crippen molar-refractivity contribution in [3.8, 4) is 17.2 Å². The summed E-state index contributed by atoms with van der Waals surface area (Å²) in [6.07, 6.45) is 0. The van der Waals surface area contributed by atoms with E-state index in [0.29, 0.717) is 22.5 Å². The Morgan fingerprint density at radius 2 is 1.24 bits per heavy atom. The topological polar surface area (TPSA) is 81.0 Å². The number of carbonyl (C=O) groups is 1. The second kappa shape index (κ2) is 6.57. The van der Waals surface area contributed by atoms with Gasteiger partial charge in [-0.15, -0.1) is 0 Å². The van der Waals surface area contributed by atoms with Gasteiger partial charge in [0.25, 0.3) is 5.91 Å². The van der Waals surface area contributed by atoms with E-state index in [-0.39, 0.29) is 23.2 Å². The van der Waals surface area contributed by atoms with Gasteiger partial charge in [-0.1, -0.05) is 0 Å². The lowest BCUT2D eigenvalue weighted by molar-refractivity contribution is 0.0999. The first-order chi connectivity index (χ1) is 12.0. The Bertz CT molecular complexity index is 856. The second-order valence-electron chi connectivity index (χ2n) is 5.67. The highest BCUT2D eigenvalue weighted by molar-refractivity contribution is 6.11. The first-order valence-electron chi connectivity index (χ1n) is 7.68. The van der Waals surface area contributed by atoms with Crippen molar-refractivity contribution in [2.45, 2.75) is 6.92 Å². The van der Waals surface area contributed by atoms with Gasteiger partial charge >= 0.3 is 0 Å². The molecular weight excluding hydrogens is 318 g/mol. The number of hydrogen-bond acceptors (Lipinski definition) is 4. The monoisotopic (exact) mass is 335 g/mol. The minimum absolute atomic E-state index is 0.0994. The minimum atomic E-state index is -0.292. The van der Waals surface area contributed by atoms with Crippen LogP contribution >= 0.6 is 0 Å². The quantitative estimate of drug-likeness (QED) is 0.673. The number of benzene rings is 3. The molecule has 0 aromatic heterocycles. The van der Waals surface area contributed by atoms with Crippen LogP contribution in [0.1, 0.15) is 15.9 Å². The van der Waals surface area contributed by atoms with Gasteiger partial charge in [0.15, 0.2) is 0 Å². The lowest BCUT2D eigenvalue weighted by Crippen LogP contribution is -2.25. The van der Waals surface area contributed by atoms with Gasteiger partial charge < -0.3 is 15.3 Å². The first kappa shape index (κ1) is 16.4. The van der Waals surface area contributed by atoms with E-state index in [1.54, 1.807) is 43.3 Å². The number of nitrogens with zero attached hydrogens (tertiary/aromatic N) is 1. The summed E-state index contributed by atoms with van der Waals surface area (Å²) in [5.74, 6) is 0.0292. The first-order valence-corrected chi connectivity index (χ1v) is 7.68. The molecule has 0 spiro atoms. The fourth-order valence-corrected chi connectivity index (χ4v) is 2.50. The average Bonchev–Trinajstić information content (AvgIpc) is 2.61. The van der Waals surface area contributed by atoms with E-state index in [0.717, 1.165) is 0 Å². The number of phenolic OH excluding ortho intramolecular Hbond substituents is 3. The zero-order valence-electron chi connectivity index (χ0n) is 13.5. The number of aryl methyl sites for hydroxylation is 1. The minimum Gasteiger partial charge on any atom is -0.508 e. The van der Waals surface area contributed by atoms with Crippen LogP contribution in [0.3, 0.4) is 0 Å². The molecule has 0 aliphatic carbocycles. The molecule has 3 aromatic carbocycles. The van der Waals surface area contributed by atoms with Crippen LogP contribution in [0.5, 0.6) is 17.2 Å². The standard InChI is InChI=1S/C20H17NO4/c1-13-12-14(2-11-19(13)24)20(25)21(15-3-7-17(22)8-4-15)16-5-9-18(23)10-6-16/h2-12,22-24H,1H3. The van der Waals surface area contributed by atoms with Crippen LogP contribution in [-0.2, 0) is 0 Å². The lowest BCUT2D eigenvalue weighted by Gasteiger charge is -2.23. The SMILES string of the molecule is Cc1cc(C(=O)N(c2ccc(O)cc2)c2ccc(O)cc2)ccc1O. The van der Waals surface area contributed by atoms with E-state index in [2.05, 4.69) is 0 Å². The molecule has 0 heterocycles. The molecule has 1 amide bonds. The summed E-state index contributed by atoms with van der Waals surface area (Å²) >= 11 is 0. The maximum atomic E-state index is 13.1. The highest BCUT2D eigenvalue weighted by atomic mass is 16.3. The van der Waals surface area contributed by atoms with Gasteiger partial charge in [-0.2, -0.15) is 0 Å². The van der Waals surface area contributed by atoms with Crippen LogP contribution in [0, 0.1) is 6.92 Å². The second-order valence-corrected chi connectivity index (χ2v) is 5.67. The Morgan fingerprint density at radius 1 is 0.760 bits per heavy atom. The summed E-state index contributed by atoms with van der Waals surface area (Å²) in [5.41, 5.74) is 2.15. The predicted octanol–water partition coefficient (Wildman–Crippen LogP) is 4.09. The predicted molar refractivity (Wildman–Crippen MR) is 95.5 cm³/mol. The summed E-state index contributed by atoms with van der Waals surface area (Å²) in [7, 11) is 0. The Morgan fingerprint density at radius 3 is 1.68 bits per heavy atom. The van der Waals surface area contributed by atoms with Gasteiger partial charge in [0, 0.05) is 16.9 Å². The fraction of sp³-hybridized carbons (Fsp3) is 0.0500. The largest absolute Gasteiger partial charge is 0.508 e. The van der Waals surface area contributed by atoms with Crippen molar-refractivity contribution < 1.29 is 20.1 Å². The molecule has 3 rings (SSSR count). The molecule has 0 aliphatic rings. The fourth-order valence-electron chi connectivity index (χ4n) is 2.50. The van der Waals surface area contributed by atoms with Crippen molar-refractivity contribution in [3.05, 3.63) is 77.9 Å². The summed E-state index contributed by atoms with van der Waals surface area (Å²) in [5, 5.41) is 28.7. The summed E-state index contributed by atoms with van der Waals surface area (Å²) in [4.78, 5) is 14.6. The zero-order chi connectivity index (χ0) is 18.0. The number of carbonyl (C=O) groups excluding carboxylic acids is 1. The number of phenols is 3. The third kappa shape index (κ3) is 3.40. The molecule has 5 heteroatoms. The molecule has 0 saturated heterocycles. The van der Waals surface area contributed by atoms with Gasteiger partial charge in [0.2, 0.25) is 0 Å². The van der Waals surface area contributed by atoms with Crippen LogP contribution < -0.4 is 4.90 Å². The number of aromatic hydroxyl groups is 3. The third-order valence-corrected chi connectivity index (χ3v) is 3.86. The van der Waals surface area contributed by atoms with E-state index in [9.17, 15) is 20.1 Å². The van der Waals surface area contributed by atoms with Crippen molar-refractivity contribution in [1.29, 1.82) is 0 Å². The van der Waals surface area contributed by atoms with Crippen LogP contribution in [-0.4, -0.2) is 21.2 Å². The van der Waals surface area contributed by atoms with Gasteiger partial charge in [0.05, 0.1) is 0 Å². The molecule has 0 radical (unpaired) electrons. The van der Waals surface area contributed by atoms with Gasteiger partial charge in [-0.05, 0) is 79.2 Å². The number of hydrogen-bond donors (Lipinski definition) is 3. The summed E-state index contributed by atoms with van der Waals surface area (Å²) < 4.78 is 0. The molecular formula is C20H17NO4. The maximum absolute atomic E-state index is 13.1. The highest BCUT2D eigenvalue weighted by Gasteiger charge is 2.20. The Kier molecular flexibility index (Phi) is 4.31. The van der Waals surface area contributed by atoms with Crippen LogP contribution in [0.15, 0.2) is 66.7 Å². The number of amides is 1. The van der Waals surface area contributed by atoms with Crippen LogP contribution in [0.25, 0.3) is 0 Å². The zero-order valence-corrected chi connectivity index (χ0v) is 13.5. The van der Waals surface area contributed by atoms with Crippen molar-refractivity contribution in [2.24, 2.45) is 0 Å². The Balaban J connectivity index is 2.09. The molecule has 0 unspecified atom stereocenters. The Labute approximate surface area is 145 Å². The lowest BCUT2D eigenvalue weighted by atomic mass is 10.1. The molecule has 25 heavy (non-hydrogen) atoms. The normalized spacial score (nSPS) is 10.4. The molecule has 0 bridgehead atoms. The van der Waals surface area contributed by atoms with Gasteiger partial charge in [0.1, 0.15) is 17.2 Å². The molecule has 0 atom stereocenters. The van der Waals surface area contributed by atoms with Crippen molar-refractivity contribution in [1.82, 2.24) is 0 Å². The number of anilines is 2. The molecule has 0 aliphatic heterocycles. The van der Waals surface area contributed by atoms with Crippen molar-refractivity contribution in [3.63, 3.8) is 0 Å². The highest BCUT2D eigenvalue weighted by Crippen LogP contribution is 2.30. The Hall–Kier alpha value is -3.47. The van der Waals surface area contributed by atoms with Gasteiger partial charge in [-0.25, -0.2) is 0 Å². The molecule has 0 fully saturated rings. The van der Waals surface area contributed by atoms with E-state index in [4.69, 9.17) is 0 Å². The molecule has 3 aromatic rings. The molecule has 126 valence electrons. The van der Waals surface area contributed by atoms with E-state index >= 15 is 0 Å². The number of rotatable bonds is 3. The summed E-state index contributed by atoms with van der Waals surface area (Å²) in [6, 6.07) is 17.2. The van der Waals surface area contributed by atoms with E-state index in [1.807, 2.05) is 0 Å². The average molecular weight is 335 g/mol. The third-order valence-electron chi connectivity index (χ3n) is 3.86. The van der Waals surface area contributed by atoms with E-state index in [1.165, 1.54) is 35.2 Å². The van der Waals surface area contributed by atoms with E-state index < -0.39 is 0 Å². The van der Waals surface area contributed by atoms with Crippen LogP contribution in [0.4, 0.5) is 11.4 Å². The molecule has 3 N–H and O–H groups in total.